The summed E-state index contributed by atoms with van der Waals surface area (Å²) in [5, 5.41) is 3.98. The first-order valence-electron chi connectivity index (χ1n) is 3.76. The number of fused-ring (bicyclic) bond motifs is 1. The molecule has 2 N–H and O–H groups in total. The second-order valence-corrected chi connectivity index (χ2v) is 3.58. The fraction of sp³-hybridized carbons (Fsp3) is 0.286. The maximum absolute atomic E-state index is 11.3. The van der Waals surface area contributed by atoms with Gasteiger partial charge < -0.3 is 5.73 Å². The molecule has 2 aromatic heterocycles. The maximum Gasteiger partial charge on any atom is 0.212 e. The van der Waals surface area contributed by atoms with E-state index in [-0.39, 0.29) is 12.3 Å². The average Bonchev–Trinajstić information content (AvgIpc) is 2.68. The van der Waals surface area contributed by atoms with Crippen LogP contribution in [0.3, 0.4) is 0 Å². The Morgan fingerprint density at radius 1 is 1.77 bits per heavy atom. The normalized spacial score (nSPS) is 10.9. The van der Waals surface area contributed by atoms with E-state index in [0.29, 0.717) is 4.88 Å². The van der Waals surface area contributed by atoms with Crippen molar-refractivity contribution in [3.63, 3.8) is 0 Å². The number of carbonyl (C=O) groups excluding carboxylic acids is 1. The molecule has 2 aromatic rings. The van der Waals surface area contributed by atoms with Crippen molar-refractivity contribution in [3.05, 3.63) is 16.9 Å². The van der Waals surface area contributed by atoms with Gasteiger partial charge in [-0.25, -0.2) is 9.50 Å². The third kappa shape index (κ3) is 1.14. The molecular formula is C7H8N4OS. The van der Waals surface area contributed by atoms with Crippen LogP contribution in [-0.2, 0) is 0 Å². The van der Waals surface area contributed by atoms with Crippen LogP contribution in [0.1, 0.15) is 15.4 Å². The standard InChI is InChI=1S/C7H8N4OS/c1-4-6(5(12)2-8)13-7-9-3-10-11(4)7/h3H,2,8H2,1H3. The summed E-state index contributed by atoms with van der Waals surface area (Å²) in [6.07, 6.45) is 1.47. The predicted octanol–water partition coefficient (Wildman–Crippen LogP) is 0.241. The first-order valence-corrected chi connectivity index (χ1v) is 4.58. The van der Waals surface area contributed by atoms with Crippen molar-refractivity contribution in [3.8, 4) is 0 Å². The Balaban J connectivity index is 2.64. The van der Waals surface area contributed by atoms with Gasteiger partial charge in [0.15, 0.2) is 5.78 Å². The number of nitrogens with two attached hydrogens (primary N) is 1. The monoisotopic (exact) mass is 196 g/mol. The van der Waals surface area contributed by atoms with Crippen molar-refractivity contribution in [1.29, 1.82) is 0 Å². The van der Waals surface area contributed by atoms with Crippen LogP contribution in [-0.4, -0.2) is 26.9 Å². The molecule has 0 aliphatic carbocycles. The number of carbonyl (C=O) groups is 1. The van der Waals surface area contributed by atoms with Crippen molar-refractivity contribution >= 4 is 22.1 Å². The molecule has 0 aliphatic rings. The lowest BCUT2D eigenvalue weighted by Gasteiger charge is -1.92. The summed E-state index contributed by atoms with van der Waals surface area (Å²) < 4.78 is 1.65. The fourth-order valence-corrected chi connectivity index (χ4v) is 2.13. The minimum atomic E-state index is -0.0604. The quantitative estimate of drug-likeness (QED) is 0.698. The van der Waals surface area contributed by atoms with Crippen LogP contribution in [0, 0.1) is 6.92 Å². The highest BCUT2D eigenvalue weighted by Gasteiger charge is 2.14. The Morgan fingerprint density at radius 2 is 2.54 bits per heavy atom. The van der Waals surface area contributed by atoms with Gasteiger partial charge in [0, 0.05) is 0 Å². The third-order valence-electron chi connectivity index (χ3n) is 1.79. The highest BCUT2D eigenvalue weighted by molar-refractivity contribution is 7.19. The van der Waals surface area contributed by atoms with E-state index in [1.807, 2.05) is 6.92 Å². The Labute approximate surface area is 78.2 Å². The third-order valence-corrected chi connectivity index (χ3v) is 2.98. The number of hydrogen-bond acceptors (Lipinski definition) is 5. The lowest BCUT2D eigenvalue weighted by molar-refractivity contribution is 0.100. The molecule has 5 nitrogen and oxygen atoms in total. The number of rotatable bonds is 2. The van der Waals surface area contributed by atoms with Crippen molar-refractivity contribution < 1.29 is 4.79 Å². The van der Waals surface area contributed by atoms with Gasteiger partial charge in [-0.2, -0.15) is 5.10 Å². The molecule has 0 amide bonds. The summed E-state index contributed by atoms with van der Waals surface area (Å²) in [4.78, 5) is 16.7. The molecule has 2 heterocycles. The zero-order chi connectivity index (χ0) is 9.42. The average molecular weight is 196 g/mol. The van der Waals surface area contributed by atoms with Crippen LogP contribution in [0.2, 0.25) is 0 Å². The molecule has 0 atom stereocenters. The lowest BCUT2D eigenvalue weighted by Crippen LogP contribution is -2.13. The lowest BCUT2D eigenvalue weighted by atomic mass is 10.3. The Morgan fingerprint density at radius 3 is 3.15 bits per heavy atom. The summed E-state index contributed by atoms with van der Waals surface area (Å²) in [5.41, 5.74) is 6.08. The Bertz CT molecular complexity index is 458. The summed E-state index contributed by atoms with van der Waals surface area (Å²) >= 11 is 1.32. The fourth-order valence-electron chi connectivity index (χ4n) is 1.14. The number of nitrogens with zero attached hydrogens (tertiary/aromatic N) is 3. The van der Waals surface area contributed by atoms with Gasteiger partial charge in [0.2, 0.25) is 4.96 Å². The van der Waals surface area contributed by atoms with Crippen LogP contribution in [0.25, 0.3) is 4.96 Å². The second kappa shape index (κ2) is 2.90. The molecular weight excluding hydrogens is 188 g/mol. The number of hydrogen-bond donors (Lipinski definition) is 1. The summed E-state index contributed by atoms with van der Waals surface area (Å²) in [6, 6.07) is 0. The summed E-state index contributed by atoms with van der Waals surface area (Å²) in [5.74, 6) is -0.0604. The minimum absolute atomic E-state index is 0.0322. The molecule has 0 bridgehead atoms. The van der Waals surface area contributed by atoms with Crippen LogP contribution < -0.4 is 5.73 Å². The number of Topliss-reactive ketones (excluding diaryl/α,β-unsaturated/α-hetero) is 1. The molecule has 0 radical (unpaired) electrons. The van der Waals surface area contributed by atoms with Crippen LogP contribution >= 0.6 is 11.3 Å². The van der Waals surface area contributed by atoms with Crippen molar-refractivity contribution in [2.75, 3.05) is 6.54 Å². The van der Waals surface area contributed by atoms with Crippen LogP contribution in [0.5, 0.6) is 0 Å². The molecule has 2 rings (SSSR count). The van der Waals surface area contributed by atoms with Gasteiger partial charge in [-0.05, 0) is 6.92 Å². The van der Waals surface area contributed by atoms with E-state index in [2.05, 4.69) is 10.1 Å². The molecule has 0 spiro atoms. The van der Waals surface area contributed by atoms with Crippen molar-refractivity contribution in [2.24, 2.45) is 5.73 Å². The van der Waals surface area contributed by atoms with E-state index in [1.165, 1.54) is 17.7 Å². The van der Waals surface area contributed by atoms with E-state index < -0.39 is 0 Å². The van der Waals surface area contributed by atoms with E-state index in [4.69, 9.17) is 5.73 Å². The van der Waals surface area contributed by atoms with Gasteiger partial charge in [0.1, 0.15) is 6.33 Å². The first kappa shape index (κ1) is 8.33. The van der Waals surface area contributed by atoms with Gasteiger partial charge in [-0.3, -0.25) is 4.79 Å². The molecule has 0 unspecified atom stereocenters. The van der Waals surface area contributed by atoms with E-state index in [1.54, 1.807) is 4.52 Å². The van der Waals surface area contributed by atoms with Crippen LogP contribution in [0.15, 0.2) is 6.33 Å². The number of ketones is 1. The second-order valence-electron chi connectivity index (χ2n) is 2.60. The van der Waals surface area contributed by atoms with E-state index in [0.717, 1.165) is 10.7 Å². The summed E-state index contributed by atoms with van der Waals surface area (Å²) in [7, 11) is 0. The molecule has 0 aromatic carbocycles. The Kier molecular flexibility index (Phi) is 1.86. The maximum atomic E-state index is 11.3. The molecule has 0 aliphatic heterocycles. The van der Waals surface area contributed by atoms with Gasteiger partial charge in [0.25, 0.3) is 0 Å². The van der Waals surface area contributed by atoms with Gasteiger partial charge in [-0.1, -0.05) is 11.3 Å². The first-order chi connectivity index (χ1) is 6.24. The zero-order valence-electron chi connectivity index (χ0n) is 7.02. The minimum Gasteiger partial charge on any atom is -0.324 e. The van der Waals surface area contributed by atoms with E-state index >= 15 is 0 Å². The predicted molar refractivity (Wildman–Crippen MR) is 49.0 cm³/mol. The summed E-state index contributed by atoms with van der Waals surface area (Å²) in [6.45, 7) is 1.87. The molecule has 0 fully saturated rings. The van der Waals surface area contributed by atoms with Crippen molar-refractivity contribution in [1.82, 2.24) is 14.6 Å². The van der Waals surface area contributed by atoms with Crippen molar-refractivity contribution in [2.45, 2.75) is 6.92 Å². The number of aromatic nitrogens is 3. The Hall–Kier alpha value is -1.27. The zero-order valence-corrected chi connectivity index (χ0v) is 7.84. The number of aryl methyl sites for hydroxylation is 1. The SMILES string of the molecule is Cc1c(C(=O)CN)sc2ncnn12. The highest BCUT2D eigenvalue weighted by Crippen LogP contribution is 2.20. The van der Waals surface area contributed by atoms with Gasteiger partial charge in [-0.15, -0.1) is 0 Å². The molecule has 13 heavy (non-hydrogen) atoms. The largest absolute Gasteiger partial charge is 0.324 e. The van der Waals surface area contributed by atoms with Gasteiger partial charge in [0.05, 0.1) is 17.1 Å². The van der Waals surface area contributed by atoms with E-state index in [9.17, 15) is 4.79 Å². The molecule has 6 heteroatoms. The molecule has 68 valence electrons. The smallest absolute Gasteiger partial charge is 0.212 e. The molecule has 0 saturated heterocycles. The highest BCUT2D eigenvalue weighted by atomic mass is 32.1. The van der Waals surface area contributed by atoms with Crippen LogP contribution in [0.4, 0.5) is 0 Å². The van der Waals surface area contributed by atoms with Gasteiger partial charge >= 0.3 is 0 Å². The molecule has 0 saturated carbocycles. The topological polar surface area (TPSA) is 73.3 Å². The number of thiazole rings is 1.